The van der Waals surface area contributed by atoms with E-state index in [0.717, 1.165) is 11.3 Å². The van der Waals surface area contributed by atoms with Gasteiger partial charge in [0.1, 0.15) is 5.41 Å². The summed E-state index contributed by atoms with van der Waals surface area (Å²) in [6.45, 7) is 7.99. The summed E-state index contributed by atoms with van der Waals surface area (Å²) in [5.41, 5.74) is 3.79. The maximum Gasteiger partial charge on any atom is 0.257 e. The first-order chi connectivity index (χ1) is 15.8. The summed E-state index contributed by atoms with van der Waals surface area (Å²) in [7, 11) is -3.95. The SMILES string of the molecule is Cc1ccc(S(=O)(=O)NNC(=O)C23CCC(C)(c4nc5cc(Cl)c(Cl)cc5nc42)C3(C)C)cc1. The number of nitrogens with zero attached hydrogens (tertiary/aromatic N) is 2. The number of carbonyl (C=O) groups is 1. The summed E-state index contributed by atoms with van der Waals surface area (Å²) in [5, 5.41) is 0.732. The van der Waals surface area contributed by atoms with Crippen LogP contribution in [0.3, 0.4) is 0 Å². The van der Waals surface area contributed by atoms with Gasteiger partial charge in [0.25, 0.3) is 10.0 Å². The molecule has 2 aliphatic carbocycles. The van der Waals surface area contributed by atoms with Gasteiger partial charge in [-0.25, -0.2) is 18.4 Å². The monoisotopic (exact) mass is 518 g/mol. The number of amides is 1. The van der Waals surface area contributed by atoms with E-state index in [1.807, 2.05) is 20.8 Å². The first-order valence-electron chi connectivity index (χ1n) is 10.9. The predicted molar refractivity (Wildman–Crippen MR) is 131 cm³/mol. The zero-order valence-corrected chi connectivity index (χ0v) is 21.5. The van der Waals surface area contributed by atoms with Gasteiger partial charge in [0.2, 0.25) is 5.91 Å². The molecule has 0 aliphatic heterocycles. The van der Waals surface area contributed by atoms with Gasteiger partial charge in [-0.05, 0) is 49.4 Å². The van der Waals surface area contributed by atoms with Crippen molar-refractivity contribution in [1.29, 1.82) is 0 Å². The van der Waals surface area contributed by atoms with Crippen molar-refractivity contribution in [1.82, 2.24) is 20.2 Å². The van der Waals surface area contributed by atoms with E-state index in [1.54, 1.807) is 24.3 Å². The lowest BCUT2D eigenvalue weighted by atomic mass is 9.63. The summed E-state index contributed by atoms with van der Waals surface area (Å²) in [6.07, 6.45) is 1.23. The molecule has 0 radical (unpaired) electrons. The highest BCUT2D eigenvalue weighted by Gasteiger charge is 2.73. The number of benzene rings is 2. The topological polar surface area (TPSA) is 101 Å². The van der Waals surface area contributed by atoms with E-state index in [-0.39, 0.29) is 4.90 Å². The molecule has 178 valence electrons. The first-order valence-corrected chi connectivity index (χ1v) is 13.1. The molecular weight excluding hydrogens is 495 g/mol. The Labute approximate surface area is 208 Å². The minimum absolute atomic E-state index is 0.0653. The highest BCUT2D eigenvalue weighted by atomic mass is 35.5. The molecule has 2 N–H and O–H groups in total. The Hall–Kier alpha value is -2.26. The molecule has 5 rings (SSSR count). The molecule has 0 spiro atoms. The fraction of sp³-hybridized carbons (Fsp3) is 0.375. The second-order valence-corrected chi connectivity index (χ2v) is 12.4. The van der Waals surface area contributed by atoms with Gasteiger partial charge < -0.3 is 0 Å². The summed E-state index contributed by atoms with van der Waals surface area (Å²) in [6, 6.07) is 9.71. The number of fused-ring (bicyclic) bond motifs is 6. The number of aryl methyl sites for hydroxylation is 1. The van der Waals surface area contributed by atoms with Crippen LogP contribution in [0.1, 0.15) is 50.6 Å². The Morgan fingerprint density at radius 3 is 2.09 bits per heavy atom. The molecule has 1 heterocycles. The number of sulfonamides is 1. The third-order valence-corrected chi connectivity index (χ3v) is 10.1. The van der Waals surface area contributed by atoms with E-state index in [9.17, 15) is 13.2 Å². The molecule has 2 unspecified atom stereocenters. The van der Waals surface area contributed by atoms with Gasteiger partial charge in [-0.2, -0.15) is 0 Å². The van der Waals surface area contributed by atoms with Crippen molar-refractivity contribution >= 4 is 50.2 Å². The van der Waals surface area contributed by atoms with Gasteiger partial charge in [-0.1, -0.05) is 61.7 Å². The van der Waals surface area contributed by atoms with Crippen LogP contribution in [0.5, 0.6) is 0 Å². The molecule has 0 saturated heterocycles. The summed E-state index contributed by atoms with van der Waals surface area (Å²) in [5.74, 6) is -0.454. The highest BCUT2D eigenvalue weighted by Crippen LogP contribution is 2.70. The van der Waals surface area contributed by atoms with Crippen molar-refractivity contribution in [2.75, 3.05) is 0 Å². The number of hydrogen-bond donors (Lipinski definition) is 2. The standard InChI is InChI=1S/C24H24Cl2N4O3S/c1-13-5-7-14(8-6-13)34(32,33)30-29-21(31)24-10-9-23(4,22(24,2)3)19-20(24)28-18-12-16(26)15(25)11-17(18)27-19/h5-8,11-12,30H,9-10H2,1-4H3,(H,29,31). The molecule has 1 fully saturated rings. The molecule has 1 aromatic heterocycles. The normalized spacial score (nSPS) is 24.9. The number of aromatic nitrogens is 2. The minimum Gasteiger partial charge on any atom is -0.277 e. The summed E-state index contributed by atoms with van der Waals surface area (Å²) in [4.78, 5) is 25.8. The van der Waals surface area contributed by atoms with Crippen LogP contribution in [-0.2, 0) is 25.6 Å². The number of nitrogens with one attached hydrogen (secondary N) is 2. The van der Waals surface area contributed by atoms with E-state index in [4.69, 9.17) is 33.2 Å². The molecule has 2 bridgehead atoms. The fourth-order valence-corrected chi connectivity index (χ4v) is 6.75. The lowest BCUT2D eigenvalue weighted by Gasteiger charge is -2.39. The van der Waals surface area contributed by atoms with Crippen molar-refractivity contribution in [2.24, 2.45) is 5.41 Å². The maximum atomic E-state index is 13.8. The van der Waals surface area contributed by atoms with E-state index in [2.05, 4.69) is 17.2 Å². The van der Waals surface area contributed by atoms with Crippen LogP contribution >= 0.6 is 23.2 Å². The average Bonchev–Trinajstić information content (AvgIpc) is 3.07. The number of hydrogen-bond acceptors (Lipinski definition) is 5. The zero-order valence-electron chi connectivity index (χ0n) is 19.2. The van der Waals surface area contributed by atoms with Gasteiger partial charge in [-0.15, -0.1) is 4.83 Å². The first kappa shape index (κ1) is 23.5. The van der Waals surface area contributed by atoms with E-state index >= 15 is 0 Å². The van der Waals surface area contributed by atoms with Crippen LogP contribution in [0, 0.1) is 12.3 Å². The maximum absolute atomic E-state index is 13.8. The summed E-state index contributed by atoms with van der Waals surface area (Å²) >= 11 is 12.4. The van der Waals surface area contributed by atoms with Crippen LogP contribution in [0.4, 0.5) is 0 Å². The molecule has 1 amide bonds. The lowest BCUT2D eigenvalue weighted by Crippen LogP contribution is -2.55. The van der Waals surface area contributed by atoms with E-state index in [1.165, 1.54) is 12.1 Å². The third-order valence-electron chi connectivity index (χ3n) is 8.10. The van der Waals surface area contributed by atoms with Gasteiger partial charge >= 0.3 is 0 Å². The Bertz CT molecular complexity index is 1470. The van der Waals surface area contributed by atoms with Gasteiger partial charge in [0.05, 0.1) is 37.4 Å². The van der Waals surface area contributed by atoms with Crippen LogP contribution in [-0.4, -0.2) is 24.3 Å². The number of carbonyl (C=O) groups excluding carboxylic acids is 1. The number of hydrazine groups is 1. The molecule has 7 nitrogen and oxygen atoms in total. The zero-order chi connectivity index (χ0) is 24.7. The van der Waals surface area contributed by atoms with Crippen LogP contribution in [0.2, 0.25) is 10.0 Å². The van der Waals surface area contributed by atoms with Crippen molar-refractivity contribution in [2.45, 2.75) is 56.3 Å². The molecule has 2 aliphatic rings. The van der Waals surface area contributed by atoms with Gasteiger partial charge in [0, 0.05) is 5.41 Å². The molecular formula is C24H24Cl2N4O3S. The van der Waals surface area contributed by atoms with E-state index in [0.29, 0.717) is 39.6 Å². The molecule has 1 saturated carbocycles. The third kappa shape index (κ3) is 2.98. The van der Waals surface area contributed by atoms with Crippen LogP contribution in [0.15, 0.2) is 41.3 Å². The predicted octanol–water partition coefficient (Wildman–Crippen LogP) is 4.58. The van der Waals surface area contributed by atoms with Gasteiger partial charge in [0.15, 0.2) is 0 Å². The Balaban J connectivity index is 1.57. The largest absolute Gasteiger partial charge is 0.277 e. The fourth-order valence-electron chi connectivity index (χ4n) is 5.60. The number of rotatable bonds is 4. The van der Waals surface area contributed by atoms with Crippen LogP contribution < -0.4 is 10.3 Å². The molecule has 3 aromatic rings. The Morgan fingerprint density at radius 1 is 0.941 bits per heavy atom. The van der Waals surface area contributed by atoms with Crippen molar-refractivity contribution in [3.05, 3.63) is 63.4 Å². The smallest absolute Gasteiger partial charge is 0.257 e. The molecule has 2 aromatic carbocycles. The minimum atomic E-state index is -3.95. The quantitative estimate of drug-likeness (QED) is 0.492. The van der Waals surface area contributed by atoms with E-state index < -0.39 is 32.2 Å². The molecule has 34 heavy (non-hydrogen) atoms. The highest BCUT2D eigenvalue weighted by molar-refractivity contribution is 7.89. The van der Waals surface area contributed by atoms with Crippen molar-refractivity contribution in [3.8, 4) is 0 Å². The van der Waals surface area contributed by atoms with Crippen LogP contribution in [0.25, 0.3) is 11.0 Å². The molecule has 10 heteroatoms. The number of halogens is 2. The lowest BCUT2D eigenvalue weighted by molar-refractivity contribution is -0.131. The van der Waals surface area contributed by atoms with Crippen molar-refractivity contribution in [3.63, 3.8) is 0 Å². The van der Waals surface area contributed by atoms with Crippen molar-refractivity contribution < 1.29 is 13.2 Å². The Morgan fingerprint density at radius 2 is 1.50 bits per heavy atom. The summed E-state index contributed by atoms with van der Waals surface area (Å²) < 4.78 is 25.6. The average molecular weight is 519 g/mol. The van der Waals surface area contributed by atoms with Gasteiger partial charge in [-0.3, -0.25) is 10.2 Å². The Kier molecular flexibility index (Phi) is 5.09. The second kappa shape index (κ2) is 7.37. The second-order valence-electron chi connectivity index (χ2n) is 9.91. The molecule has 2 atom stereocenters.